The molecule has 0 aromatic heterocycles. The Morgan fingerprint density at radius 1 is 0.949 bits per heavy atom. The van der Waals surface area contributed by atoms with Gasteiger partial charge in [0, 0.05) is 12.2 Å². The highest BCUT2D eigenvalue weighted by Crippen LogP contribution is 2.26. The van der Waals surface area contributed by atoms with Crippen LogP contribution in [0.2, 0.25) is 0 Å². The van der Waals surface area contributed by atoms with Crippen molar-refractivity contribution < 1.29 is 23.9 Å². The number of ether oxygens (including phenoxy) is 1. The lowest BCUT2D eigenvalue weighted by atomic mass is 10.0. The summed E-state index contributed by atoms with van der Waals surface area (Å²) >= 11 is 0. The first-order chi connectivity index (χ1) is 18.4. The van der Waals surface area contributed by atoms with Gasteiger partial charge in [-0.25, -0.2) is 4.79 Å². The number of aryl methyl sites for hydroxylation is 1. The maximum atomic E-state index is 13.8. The van der Waals surface area contributed by atoms with Crippen LogP contribution in [0.5, 0.6) is 0 Å². The lowest BCUT2D eigenvalue weighted by molar-refractivity contribution is -0.141. The number of nitrogens with two attached hydrogens (primary N) is 1. The highest BCUT2D eigenvalue weighted by atomic mass is 16.6. The fourth-order valence-electron chi connectivity index (χ4n) is 4.22. The van der Waals surface area contributed by atoms with Gasteiger partial charge in [-0.3, -0.25) is 14.4 Å². The monoisotopic (exact) mass is 532 g/mol. The molecule has 0 saturated carbocycles. The SMILES string of the molecule is CCN(C(=O)C(CC(N)=O)NC(=O)OC(C)(C)C)C(C(=O)Nc1ccc2ccccc2c1)c1ccc(C)cc1. The van der Waals surface area contributed by atoms with E-state index in [2.05, 4.69) is 10.6 Å². The number of nitrogens with one attached hydrogen (secondary N) is 2. The molecule has 0 radical (unpaired) electrons. The van der Waals surface area contributed by atoms with Gasteiger partial charge < -0.3 is 26.0 Å². The topological polar surface area (TPSA) is 131 Å². The van der Waals surface area contributed by atoms with E-state index in [1.165, 1.54) is 4.90 Å². The second kappa shape index (κ2) is 12.4. The molecule has 3 aromatic rings. The summed E-state index contributed by atoms with van der Waals surface area (Å²) in [6.45, 7) is 8.80. The fraction of sp³-hybridized carbons (Fsp3) is 0.333. The summed E-state index contributed by atoms with van der Waals surface area (Å²) < 4.78 is 5.28. The Balaban J connectivity index is 1.96. The van der Waals surface area contributed by atoms with Crippen LogP contribution in [0.1, 0.15) is 51.3 Å². The van der Waals surface area contributed by atoms with E-state index in [4.69, 9.17) is 10.5 Å². The van der Waals surface area contributed by atoms with Gasteiger partial charge in [-0.15, -0.1) is 0 Å². The quantitative estimate of drug-likeness (QED) is 0.375. The third kappa shape index (κ3) is 8.04. The first-order valence-electron chi connectivity index (χ1n) is 12.8. The van der Waals surface area contributed by atoms with Gasteiger partial charge >= 0.3 is 6.09 Å². The Morgan fingerprint density at radius 3 is 2.18 bits per heavy atom. The summed E-state index contributed by atoms with van der Waals surface area (Å²) in [7, 11) is 0. The van der Waals surface area contributed by atoms with Crippen molar-refractivity contribution in [3.05, 3.63) is 77.9 Å². The van der Waals surface area contributed by atoms with Crippen molar-refractivity contribution >= 4 is 40.3 Å². The first kappa shape index (κ1) is 29.2. The molecular formula is C30H36N4O5. The number of primary amides is 1. The lowest BCUT2D eigenvalue weighted by Crippen LogP contribution is -2.53. The van der Waals surface area contributed by atoms with E-state index < -0.39 is 47.9 Å². The molecule has 0 spiro atoms. The Hall–Kier alpha value is -4.40. The molecule has 3 aromatic carbocycles. The molecule has 206 valence electrons. The molecule has 39 heavy (non-hydrogen) atoms. The van der Waals surface area contributed by atoms with Crippen molar-refractivity contribution in [3.63, 3.8) is 0 Å². The zero-order valence-electron chi connectivity index (χ0n) is 23.0. The third-order valence-electron chi connectivity index (χ3n) is 5.99. The van der Waals surface area contributed by atoms with Crippen molar-refractivity contribution in [3.8, 4) is 0 Å². The van der Waals surface area contributed by atoms with Crippen LogP contribution in [0.25, 0.3) is 10.8 Å². The number of hydrogen-bond donors (Lipinski definition) is 3. The molecule has 4 N–H and O–H groups in total. The van der Waals surface area contributed by atoms with Gasteiger partial charge in [-0.1, -0.05) is 60.2 Å². The number of likely N-dealkylation sites (N-methyl/N-ethyl adjacent to an activating group) is 1. The maximum absolute atomic E-state index is 13.8. The van der Waals surface area contributed by atoms with E-state index in [-0.39, 0.29) is 6.54 Å². The summed E-state index contributed by atoms with van der Waals surface area (Å²) in [6.07, 6.45) is -1.33. The Bertz CT molecular complexity index is 1350. The van der Waals surface area contributed by atoms with E-state index in [9.17, 15) is 19.2 Å². The van der Waals surface area contributed by atoms with Crippen LogP contribution in [-0.4, -0.2) is 46.9 Å². The van der Waals surface area contributed by atoms with Gasteiger partial charge in [0.1, 0.15) is 17.7 Å². The molecule has 0 aliphatic rings. The molecule has 2 unspecified atom stereocenters. The molecule has 9 nitrogen and oxygen atoms in total. The molecule has 0 fully saturated rings. The molecule has 0 aliphatic heterocycles. The molecule has 0 bridgehead atoms. The largest absolute Gasteiger partial charge is 0.444 e. The number of benzene rings is 3. The summed E-state index contributed by atoms with van der Waals surface area (Å²) in [5, 5.41) is 7.37. The molecule has 2 atom stereocenters. The summed E-state index contributed by atoms with van der Waals surface area (Å²) in [5.74, 6) is -1.87. The van der Waals surface area contributed by atoms with Crippen molar-refractivity contribution in [2.45, 2.75) is 58.7 Å². The van der Waals surface area contributed by atoms with Crippen LogP contribution in [0.4, 0.5) is 10.5 Å². The minimum atomic E-state index is -1.32. The predicted octanol–water partition coefficient (Wildman–Crippen LogP) is 4.45. The fourth-order valence-corrected chi connectivity index (χ4v) is 4.22. The summed E-state index contributed by atoms with van der Waals surface area (Å²) in [5.41, 5.74) is 6.71. The average Bonchev–Trinajstić information content (AvgIpc) is 2.85. The first-order valence-corrected chi connectivity index (χ1v) is 12.8. The molecule has 4 amide bonds. The van der Waals surface area contributed by atoms with Crippen molar-refractivity contribution in [2.75, 3.05) is 11.9 Å². The molecule has 9 heteroatoms. The number of carbonyl (C=O) groups excluding carboxylic acids is 4. The van der Waals surface area contributed by atoms with E-state index in [1.54, 1.807) is 45.9 Å². The molecular weight excluding hydrogens is 496 g/mol. The Kier molecular flexibility index (Phi) is 9.29. The standard InChI is InChI=1S/C30H36N4O5/c1-6-34(28(37)24(18-25(31)35)33-29(38)39-30(3,4)5)26(21-13-11-19(2)12-14-21)27(36)32-23-16-15-20-9-7-8-10-22(20)17-23/h7-17,24,26H,6,18H2,1-5H3,(H2,31,35)(H,32,36)(H,33,38). The van der Waals surface area contributed by atoms with Crippen LogP contribution in [0.3, 0.4) is 0 Å². The lowest BCUT2D eigenvalue weighted by Gasteiger charge is -2.33. The number of anilines is 1. The zero-order chi connectivity index (χ0) is 28.7. The van der Waals surface area contributed by atoms with Crippen molar-refractivity contribution in [1.29, 1.82) is 0 Å². The number of carbonyl (C=O) groups is 4. The molecule has 0 saturated heterocycles. The molecule has 0 aliphatic carbocycles. The molecule has 3 rings (SSSR count). The summed E-state index contributed by atoms with van der Waals surface area (Å²) in [6, 6.07) is 18.2. The minimum Gasteiger partial charge on any atom is -0.444 e. The number of nitrogens with zero attached hydrogens (tertiary/aromatic N) is 1. The minimum absolute atomic E-state index is 0.119. The number of alkyl carbamates (subject to hydrolysis) is 1. The Labute approximate surface area is 228 Å². The van der Waals surface area contributed by atoms with Gasteiger partial charge in [0.2, 0.25) is 11.8 Å². The highest BCUT2D eigenvalue weighted by Gasteiger charge is 2.36. The van der Waals surface area contributed by atoms with Gasteiger partial charge in [-0.2, -0.15) is 0 Å². The average molecular weight is 533 g/mol. The smallest absolute Gasteiger partial charge is 0.408 e. The zero-order valence-corrected chi connectivity index (χ0v) is 23.0. The highest BCUT2D eigenvalue weighted by molar-refractivity contribution is 6.01. The van der Waals surface area contributed by atoms with Crippen LogP contribution in [-0.2, 0) is 19.1 Å². The molecule has 0 heterocycles. The van der Waals surface area contributed by atoms with E-state index in [1.807, 2.05) is 55.5 Å². The Morgan fingerprint density at radius 2 is 1.59 bits per heavy atom. The van der Waals surface area contributed by atoms with Gasteiger partial charge in [-0.05, 0) is 63.1 Å². The van der Waals surface area contributed by atoms with Crippen LogP contribution < -0.4 is 16.4 Å². The van der Waals surface area contributed by atoms with Crippen molar-refractivity contribution in [1.82, 2.24) is 10.2 Å². The number of amides is 4. The second-order valence-electron chi connectivity index (χ2n) is 10.4. The number of fused-ring (bicyclic) bond motifs is 1. The number of hydrogen-bond acceptors (Lipinski definition) is 5. The number of rotatable bonds is 9. The van der Waals surface area contributed by atoms with Crippen LogP contribution >= 0.6 is 0 Å². The van der Waals surface area contributed by atoms with E-state index in [0.717, 1.165) is 16.3 Å². The van der Waals surface area contributed by atoms with E-state index >= 15 is 0 Å². The van der Waals surface area contributed by atoms with Gasteiger partial charge in [0.15, 0.2) is 0 Å². The third-order valence-corrected chi connectivity index (χ3v) is 5.99. The van der Waals surface area contributed by atoms with Gasteiger partial charge in [0.05, 0.1) is 6.42 Å². The van der Waals surface area contributed by atoms with Gasteiger partial charge in [0.25, 0.3) is 5.91 Å². The maximum Gasteiger partial charge on any atom is 0.408 e. The van der Waals surface area contributed by atoms with Crippen molar-refractivity contribution in [2.24, 2.45) is 5.73 Å². The van der Waals surface area contributed by atoms with Crippen LogP contribution in [0.15, 0.2) is 66.7 Å². The second-order valence-corrected chi connectivity index (χ2v) is 10.4. The summed E-state index contributed by atoms with van der Waals surface area (Å²) in [4.78, 5) is 53.2. The van der Waals surface area contributed by atoms with E-state index in [0.29, 0.717) is 11.3 Å². The normalized spacial score (nSPS) is 12.7. The van der Waals surface area contributed by atoms with Crippen LogP contribution in [0, 0.1) is 6.92 Å². The predicted molar refractivity (Wildman–Crippen MR) is 151 cm³/mol.